The van der Waals surface area contributed by atoms with Crippen LogP contribution in [0.25, 0.3) is 0 Å². The molecule has 0 amide bonds. The van der Waals surface area contributed by atoms with Gasteiger partial charge in [0.25, 0.3) is 0 Å². The molecule has 4 rings (SSSR count). The average Bonchev–Trinajstić information content (AvgIpc) is 3.38. The minimum Gasteiger partial charge on any atom is -0.496 e. The van der Waals surface area contributed by atoms with E-state index in [0.717, 1.165) is 74.7 Å². The van der Waals surface area contributed by atoms with Crippen molar-refractivity contribution >= 4 is 29.3 Å². The number of anilines is 1. The zero-order valence-corrected chi connectivity index (χ0v) is 17.5. The Kier molecular flexibility index (Phi) is 6.61. The highest BCUT2D eigenvalue weighted by molar-refractivity contribution is 7.98. The first-order valence-electron chi connectivity index (χ1n) is 9.57. The predicted octanol–water partition coefficient (Wildman–Crippen LogP) is 3.25. The van der Waals surface area contributed by atoms with Crippen molar-refractivity contribution in [2.45, 2.75) is 36.4 Å². The molecule has 1 aromatic carbocycles. The standard InChI is InChI=1S/C19H25ClN4O3S/c1-25-17-5-4-15(20)11-14(17)13-28-19-22-21-18(23-6-9-26-10-7-23)24(19)12-16-3-2-8-27-16/h4-5,11,16H,2-3,6-10,12-13H2,1H3/t16-/m1/s1. The molecular weight excluding hydrogens is 400 g/mol. The molecule has 2 aliphatic rings. The van der Waals surface area contributed by atoms with E-state index >= 15 is 0 Å². The topological polar surface area (TPSA) is 61.6 Å². The van der Waals surface area contributed by atoms with Crippen LogP contribution >= 0.6 is 23.4 Å². The summed E-state index contributed by atoms with van der Waals surface area (Å²) in [4.78, 5) is 2.25. The van der Waals surface area contributed by atoms with E-state index in [1.54, 1.807) is 18.9 Å². The molecule has 2 fully saturated rings. The summed E-state index contributed by atoms with van der Waals surface area (Å²) in [5.41, 5.74) is 1.04. The number of morpholine rings is 1. The summed E-state index contributed by atoms with van der Waals surface area (Å²) in [6.45, 7) is 4.70. The van der Waals surface area contributed by atoms with Crippen LogP contribution in [0.2, 0.25) is 5.02 Å². The van der Waals surface area contributed by atoms with Gasteiger partial charge >= 0.3 is 0 Å². The third kappa shape index (κ3) is 4.56. The van der Waals surface area contributed by atoms with Crippen LogP contribution in [-0.2, 0) is 21.8 Å². The maximum absolute atomic E-state index is 6.17. The fraction of sp³-hybridized carbons (Fsp3) is 0.579. The minimum atomic E-state index is 0.218. The van der Waals surface area contributed by atoms with Gasteiger partial charge in [-0.2, -0.15) is 0 Å². The van der Waals surface area contributed by atoms with E-state index in [4.69, 9.17) is 25.8 Å². The van der Waals surface area contributed by atoms with E-state index < -0.39 is 0 Å². The van der Waals surface area contributed by atoms with Crippen molar-refractivity contribution in [1.29, 1.82) is 0 Å². The third-order valence-electron chi connectivity index (χ3n) is 5.00. The molecule has 0 saturated carbocycles. The number of methoxy groups -OCH3 is 1. The van der Waals surface area contributed by atoms with Crippen LogP contribution < -0.4 is 9.64 Å². The van der Waals surface area contributed by atoms with E-state index in [1.165, 1.54) is 0 Å². The van der Waals surface area contributed by atoms with Crippen molar-refractivity contribution in [2.24, 2.45) is 0 Å². The number of halogens is 1. The molecule has 152 valence electrons. The first-order valence-corrected chi connectivity index (χ1v) is 10.9. The largest absolute Gasteiger partial charge is 0.496 e. The third-order valence-corrected chi connectivity index (χ3v) is 6.25. The maximum atomic E-state index is 6.17. The summed E-state index contributed by atoms with van der Waals surface area (Å²) in [5.74, 6) is 2.44. The molecule has 0 unspecified atom stereocenters. The summed E-state index contributed by atoms with van der Waals surface area (Å²) in [6.07, 6.45) is 2.41. The lowest BCUT2D eigenvalue weighted by Crippen LogP contribution is -2.38. The van der Waals surface area contributed by atoms with E-state index in [2.05, 4.69) is 19.7 Å². The van der Waals surface area contributed by atoms with Crippen molar-refractivity contribution in [2.75, 3.05) is 44.9 Å². The molecule has 7 nitrogen and oxygen atoms in total. The Bertz CT molecular complexity index is 791. The molecule has 0 aliphatic carbocycles. The second-order valence-electron chi connectivity index (χ2n) is 6.87. The zero-order chi connectivity index (χ0) is 19.3. The van der Waals surface area contributed by atoms with Gasteiger partial charge in [0.1, 0.15) is 5.75 Å². The highest BCUT2D eigenvalue weighted by Crippen LogP contribution is 2.31. The SMILES string of the molecule is COc1ccc(Cl)cc1CSc1nnc(N2CCOCC2)n1C[C@H]1CCCO1. The van der Waals surface area contributed by atoms with Crippen molar-refractivity contribution in [3.05, 3.63) is 28.8 Å². The van der Waals surface area contributed by atoms with Crippen LogP contribution in [-0.4, -0.2) is 60.9 Å². The number of aromatic nitrogens is 3. The van der Waals surface area contributed by atoms with Gasteiger partial charge in [0.05, 0.1) is 33.0 Å². The number of hydrogen-bond donors (Lipinski definition) is 0. The van der Waals surface area contributed by atoms with Crippen molar-refractivity contribution < 1.29 is 14.2 Å². The molecule has 28 heavy (non-hydrogen) atoms. The van der Waals surface area contributed by atoms with Gasteiger partial charge in [0.15, 0.2) is 5.16 Å². The molecule has 1 atom stereocenters. The van der Waals surface area contributed by atoms with Crippen LogP contribution in [0.5, 0.6) is 5.75 Å². The molecule has 9 heteroatoms. The Hall–Kier alpha value is -1.48. The molecule has 0 spiro atoms. The first kappa shape index (κ1) is 19.8. The van der Waals surface area contributed by atoms with Crippen molar-refractivity contribution in [1.82, 2.24) is 14.8 Å². The molecule has 2 aromatic rings. The normalized spacial score (nSPS) is 19.9. The van der Waals surface area contributed by atoms with E-state index in [0.29, 0.717) is 10.8 Å². The fourth-order valence-electron chi connectivity index (χ4n) is 3.54. The molecule has 0 N–H and O–H groups in total. The number of hydrogen-bond acceptors (Lipinski definition) is 7. The molecule has 1 aromatic heterocycles. The van der Waals surface area contributed by atoms with Gasteiger partial charge in [-0.15, -0.1) is 10.2 Å². The zero-order valence-electron chi connectivity index (χ0n) is 16.0. The molecule has 0 radical (unpaired) electrons. The van der Waals surface area contributed by atoms with Crippen LogP contribution in [0.4, 0.5) is 5.95 Å². The highest BCUT2D eigenvalue weighted by atomic mass is 35.5. The molecule has 2 aliphatic heterocycles. The van der Waals surface area contributed by atoms with E-state index in [9.17, 15) is 0 Å². The first-order chi connectivity index (χ1) is 13.7. The van der Waals surface area contributed by atoms with Crippen LogP contribution in [0.15, 0.2) is 23.4 Å². The van der Waals surface area contributed by atoms with Crippen LogP contribution in [0.3, 0.4) is 0 Å². The Morgan fingerprint density at radius 3 is 2.86 bits per heavy atom. The number of rotatable bonds is 7. The maximum Gasteiger partial charge on any atom is 0.228 e. The lowest BCUT2D eigenvalue weighted by molar-refractivity contribution is 0.0942. The molecular formula is C19H25ClN4O3S. The summed E-state index contributed by atoms with van der Waals surface area (Å²) in [7, 11) is 1.67. The summed E-state index contributed by atoms with van der Waals surface area (Å²) >= 11 is 7.82. The average molecular weight is 425 g/mol. The van der Waals surface area contributed by atoms with Gasteiger partial charge in [0, 0.05) is 36.0 Å². The van der Waals surface area contributed by atoms with Crippen LogP contribution in [0, 0.1) is 0 Å². The number of nitrogens with zero attached hydrogens (tertiary/aromatic N) is 4. The summed E-state index contributed by atoms with van der Waals surface area (Å²) < 4.78 is 19.0. The monoisotopic (exact) mass is 424 g/mol. The van der Waals surface area contributed by atoms with E-state index in [-0.39, 0.29) is 6.10 Å². The molecule has 0 bridgehead atoms. The van der Waals surface area contributed by atoms with Gasteiger partial charge in [-0.05, 0) is 31.0 Å². The number of thioether (sulfide) groups is 1. The van der Waals surface area contributed by atoms with Gasteiger partial charge < -0.3 is 19.1 Å². The minimum absolute atomic E-state index is 0.218. The van der Waals surface area contributed by atoms with Gasteiger partial charge in [0.2, 0.25) is 5.95 Å². The summed E-state index contributed by atoms with van der Waals surface area (Å²) in [6, 6.07) is 5.68. The second-order valence-corrected chi connectivity index (χ2v) is 8.25. The quantitative estimate of drug-likeness (QED) is 0.632. The lowest BCUT2D eigenvalue weighted by Gasteiger charge is -2.28. The van der Waals surface area contributed by atoms with E-state index in [1.807, 2.05) is 18.2 Å². The Morgan fingerprint density at radius 1 is 1.25 bits per heavy atom. The van der Waals surface area contributed by atoms with Gasteiger partial charge in [-0.25, -0.2) is 0 Å². The van der Waals surface area contributed by atoms with Crippen molar-refractivity contribution in [3.8, 4) is 5.75 Å². The number of benzene rings is 1. The van der Waals surface area contributed by atoms with Gasteiger partial charge in [-0.1, -0.05) is 23.4 Å². The predicted molar refractivity (Wildman–Crippen MR) is 110 cm³/mol. The lowest BCUT2D eigenvalue weighted by atomic mass is 10.2. The number of ether oxygens (including phenoxy) is 3. The Balaban J connectivity index is 1.55. The Morgan fingerprint density at radius 2 is 2.11 bits per heavy atom. The molecule has 3 heterocycles. The fourth-order valence-corrected chi connectivity index (χ4v) is 4.65. The summed E-state index contributed by atoms with van der Waals surface area (Å²) in [5, 5.41) is 10.6. The Labute approximate surface area is 174 Å². The van der Waals surface area contributed by atoms with Crippen molar-refractivity contribution in [3.63, 3.8) is 0 Å². The van der Waals surface area contributed by atoms with Crippen LogP contribution in [0.1, 0.15) is 18.4 Å². The highest BCUT2D eigenvalue weighted by Gasteiger charge is 2.25. The van der Waals surface area contributed by atoms with Gasteiger partial charge in [-0.3, -0.25) is 4.57 Å². The smallest absolute Gasteiger partial charge is 0.228 e. The molecule has 2 saturated heterocycles. The second kappa shape index (κ2) is 9.35.